The van der Waals surface area contributed by atoms with E-state index in [1.54, 1.807) is 6.07 Å². The molecule has 0 atom stereocenters. The number of ether oxygens (including phenoxy) is 1. The Hall–Kier alpha value is -2.88. The Bertz CT molecular complexity index is 874. The van der Waals surface area contributed by atoms with Crippen LogP contribution in [0.4, 0.5) is 28.9 Å². The molecular formula is C19H19F4N3O3. The molecule has 0 unspecified atom stereocenters. The van der Waals surface area contributed by atoms with E-state index in [0.29, 0.717) is 30.9 Å². The minimum atomic E-state index is -3.16. The van der Waals surface area contributed by atoms with Gasteiger partial charge >= 0.3 is 12.3 Å². The zero-order chi connectivity index (χ0) is 21.0. The summed E-state index contributed by atoms with van der Waals surface area (Å²) in [6, 6.07) is 7.63. The van der Waals surface area contributed by atoms with Crippen molar-refractivity contribution in [3.63, 3.8) is 0 Å². The van der Waals surface area contributed by atoms with E-state index in [4.69, 9.17) is 0 Å². The molecule has 0 aromatic heterocycles. The molecule has 2 aromatic rings. The molecule has 1 aliphatic heterocycles. The SMILES string of the molecule is O=[N+]([O-])c1ccc(NC2CCN(Cc3ccc(F)c(F)c3)CC2)cc1OC(F)F. The third-order valence-electron chi connectivity index (χ3n) is 4.72. The highest BCUT2D eigenvalue weighted by molar-refractivity contribution is 5.58. The van der Waals surface area contributed by atoms with Crippen molar-refractivity contribution in [2.75, 3.05) is 18.4 Å². The summed E-state index contributed by atoms with van der Waals surface area (Å²) in [4.78, 5) is 12.3. The van der Waals surface area contributed by atoms with E-state index in [9.17, 15) is 27.7 Å². The van der Waals surface area contributed by atoms with Gasteiger partial charge in [0.1, 0.15) is 0 Å². The molecule has 3 rings (SSSR count). The van der Waals surface area contributed by atoms with Crippen LogP contribution in [-0.4, -0.2) is 35.6 Å². The second-order valence-corrected chi connectivity index (χ2v) is 6.76. The van der Waals surface area contributed by atoms with Gasteiger partial charge in [0.2, 0.25) is 5.75 Å². The number of halogens is 4. The number of nitro benzene ring substituents is 1. The van der Waals surface area contributed by atoms with Crippen LogP contribution < -0.4 is 10.1 Å². The number of piperidine rings is 1. The highest BCUT2D eigenvalue weighted by atomic mass is 19.3. The summed E-state index contributed by atoms with van der Waals surface area (Å²) in [5, 5.41) is 14.1. The summed E-state index contributed by atoms with van der Waals surface area (Å²) in [6.45, 7) is -1.27. The van der Waals surface area contributed by atoms with E-state index in [2.05, 4.69) is 15.0 Å². The molecule has 0 aliphatic carbocycles. The first kappa shape index (κ1) is 20.8. The minimum absolute atomic E-state index is 0.0389. The Kier molecular flexibility index (Phi) is 6.53. The maximum atomic E-state index is 13.3. The van der Waals surface area contributed by atoms with Crippen LogP contribution >= 0.6 is 0 Å². The summed E-state index contributed by atoms with van der Waals surface area (Å²) >= 11 is 0. The third kappa shape index (κ3) is 5.57. The topological polar surface area (TPSA) is 67.6 Å². The molecule has 0 saturated carbocycles. The van der Waals surface area contributed by atoms with Gasteiger partial charge in [-0.3, -0.25) is 15.0 Å². The molecule has 0 radical (unpaired) electrons. The van der Waals surface area contributed by atoms with Crippen LogP contribution in [0.25, 0.3) is 0 Å². The number of likely N-dealkylation sites (tertiary alicyclic amines) is 1. The van der Waals surface area contributed by atoms with Gasteiger partial charge in [0.15, 0.2) is 11.6 Å². The number of hydrogen-bond acceptors (Lipinski definition) is 5. The van der Waals surface area contributed by atoms with Crippen LogP contribution in [0.15, 0.2) is 36.4 Å². The second kappa shape index (κ2) is 9.08. The predicted molar refractivity (Wildman–Crippen MR) is 98.0 cm³/mol. The largest absolute Gasteiger partial charge is 0.427 e. The fourth-order valence-corrected chi connectivity index (χ4v) is 3.31. The molecule has 1 heterocycles. The van der Waals surface area contributed by atoms with Gasteiger partial charge in [0.05, 0.1) is 4.92 Å². The van der Waals surface area contributed by atoms with Gasteiger partial charge in [-0.15, -0.1) is 0 Å². The van der Waals surface area contributed by atoms with Gasteiger partial charge in [0, 0.05) is 43.5 Å². The average Bonchev–Trinajstić information content (AvgIpc) is 2.66. The molecule has 10 heteroatoms. The Balaban J connectivity index is 1.57. The number of nitro groups is 1. The summed E-state index contributed by atoms with van der Waals surface area (Å²) in [6.07, 6.45) is 1.46. The Morgan fingerprint density at radius 2 is 1.86 bits per heavy atom. The lowest BCUT2D eigenvalue weighted by atomic mass is 10.0. The van der Waals surface area contributed by atoms with Gasteiger partial charge in [-0.1, -0.05) is 6.07 Å². The minimum Gasteiger partial charge on any atom is -0.427 e. The van der Waals surface area contributed by atoms with E-state index in [1.165, 1.54) is 18.2 Å². The maximum absolute atomic E-state index is 13.3. The number of anilines is 1. The molecule has 1 N–H and O–H groups in total. The molecule has 0 bridgehead atoms. The molecule has 1 aliphatic rings. The van der Waals surface area contributed by atoms with Crippen molar-refractivity contribution in [1.82, 2.24) is 4.90 Å². The number of nitrogens with zero attached hydrogens (tertiary/aromatic N) is 2. The lowest BCUT2D eigenvalue weighted by molar-refractivity contribution is -0.386. The number of hydrogen-bond donors (Lipinski definition) is 1. The third-order valence-corrected chi connectivity index (χ3v) is 4.72. The Morgan fingerprint density at radius 1 is 1.14 bits per heavy atom. The van der Waals surface area contributed by atoms with Gasteiger partial charge in [0.25, 0.3) is 0 Å². The van der Waals surface area contributed by atoms with Crippen molar-refractivity contribution in [1.29, 1.82) is 0 Å². The van der Waals surface area contributed by atoms with Crippen LogP contribution in [0, 0.1) is 21.7 Å². The summed E-state index contributed by atoms with van der Waals surface area (Å²) in [5.74, 6) is -2.25. The van der Waals surface area contributed by atoms with Crippen LogP contribution in [0.3, 0.4) is 0 Å². The fraction of sp³-hybridized carbons (Fsp3) is 0.368. The van der Waals surface area contributed by atoms with E-state index >= 15 is 0 Å². The molecule has 6 nitrogen and oxygen atoms in total. The Morgan fingerprint density at radius 3 is 2.48 bits per heavy atom. The summed E-state index contributed by atoms with van der Waals surface area (Å²) < 4.78 is 55.6. The van der Waals surface area contributed by atoms with Crippen LogP contribution in [-0.2, 0) is 6.54 Å². The van der Waals surface area contributed by atoms with Gasteiger partial charge < -0.3 is 10.1 Å². The van der Waals surface area contributed by atoms with E-state index in [1.807, 2.05) is 0 Å². The molecular weight excluding hydrogens is 394 g/mol. The summed E-state index contributed by atoms with van der Waals surface area (Å²) in [5.41, 5.74) is 0.599. The van der Waals surface area contributed by atoms with Crippen molar-refractivity contribution in [2.24, 2.45) is 0 Å². The van der Waals surface area contributed by atoms with Crippen molar-refractivity contribution >= 4 is 11.4 Å². The molecule has 1 fully saturated rings. The zero-order valence-electron chi connectivity index (χ0n) is 15.3. The molecule has 0 amide bonds. The van der Waals surface area contributed by atoms with Crippen molar-refractivity contribution < 1.29 is 27.2 Å². The van der Waals surface area contributed by atoms with E-state index < -0.39 is 34.6 Å². The fourth-order valence-electron chi connectivity index (χ4n) is 3.31. The van der Waals surface area contributed by atoms with Crippen LogP contribution in [0.5, 0.6) is 5.75 Å². The van der Waals surface area contributed by atoms with Gasteiger partial charge in [-0.25, -0.2) is 8.78 Å². The van der Waals surface area contributed by atoms with Crippen LogP contribution in [0.1, 0.15) is 18.4 Å². The molecule has 0 spiro atoms. The maximum Gasteiger partial charge on any atom is 0.387 e. The highest BCUT2D eigenvalue weighted by Crippen LogP contribution is 2.32. The first-order valence-electron chi connectivity index (χ1n) is 8.98. The lowest BCUT2D eigenvalue weighted by Gasteiger charge is -2.33. The predicted octanol–water partition coefficient (Wildman–Crippen LogP) is 4.55. The molecule has 156 valence electrons. The number of nitrogens with one attached hydrogen (secondary N) is 1. The van der Waals surface area contributed by atoms with Gasteiger partial charge in [-0.2, -0.15) is 8.78 Å². The number of alkyl halides is 2. The highest BCUT2D eigenvalue weighted by Gasteiger charge is 2.22. The monoisotopic (exact) mass is 413 g/mol. The standard InChI is InChI=1S/C19H19F4N3O3/c20-15-3-1-12(9-16(15)21)11-25-7-5-13(6-8-25)24-14-2-4-17(26(27)28)18(10-14)29-19(22)23/h1-4,9-10,13,19,24H,5-8,11H2. The lowest BCUT2D eigenvalue weighted by Crippen LogP contribution is -2.38. The summed E-state index contributed by atoms with van der Waals surface area (Å²) in [7, 11) is 0. The zero-order valence-corrected chi connectivity index (χ0v) is 15.3. The second-order valence-electron chi connectivity index (χ2n) is 6.76. The smallest absolute Gasteiger partial charge is 0.387 e. The first-order chi connectivity index (χ1) is 13.8. The average molecular weight is 413 g/mol. The first-order valence-corrected chi connectivity index (χ1v) is 8.98. The normalized spacial score (nSPS) is 15.5. The van der Waals surface area contributed by atoms with E-state index in [-0.39, 0.29) is 6.04 Å². The number of rotatable bonds is 7. The Labute approximate surface area is 164 Å². The van der Waals surface area contributed by atoms with Gasteiger partial charge in [-0.05, 0) is 36.6 Å². The molecule has 1 saturated heterocycles. The van der Waals surface area contributed by atoms with E-state index in [0.717, 1.165) is 25.0 Å². The number of benzene rings is 2. The van der Waals surface area contributed by atoms with Crippen molar-refractivity contribution in [3.05, 3.63) is 63.7 Å². The van der Waals surface area contributed by atoms with Crippen molar-refractivity contribution in [2.45, 2.75) is 32.0 Å². The quantitative estimate of drug-likeness (QED) is 0.410. The molecule has 2 aromatic carbocycles. The van der Waals surface area contributed by atoms with Crippen LogP contribution in [0.2, 0.25) is 0 Å². The van der Waals surface area contributed by atoms with Crippen molar-refractivity contribution in [3.8, 4) is 5.75 Å². The molecule has 29 heavy (non-hydrogen) atoms.